The summed E-state index contributed by atoms with van der Waals surface area (Å²) in [6.07, 6.45) is 1.94. The largest absolute Gasteiger partial charge is 0.469 e. The van der Waals surface area contributed by atoms with Crippen LogP contribution in [0.15, 0.2) is 146 Å². The summed E-state index contributed by atoms with van der Waals surface area (Å²) in [7, 11) is 2.84. The zero-order valence-corrected chi connectivity index (χ0v) is 27.2. The first-order valence-corrected chi connectivity index (χ1v) is 16.1. The summed E-state index contributed by atoms with van der Waals surface area (Å²) in [6.45, 7) is 0. The maximum atomic E-state index is 11.7. The van der Waals surface area contributed by atoms with Gasteiger partial charge in [-0.1, -0.05) is 84.9 Å². The molecule has 0 fully saturated rings. The number of fused-ring (bicyclic) bond motifs is 1. The summed E-state index contributed by atoms with van der Waals surface area (Å²) in [5.74, 6) is -0.425. The second-order valence-corrected chi connectivity index (χ2v) is 11.5. The van der Waals surface area contributed by atoms with Gasteiger partial charge in [-0.15, -0.1) is 0 Å². The van der Waals surface area contributed by atoms with Crippen LogP contribution in [0.2, 0.25) is 0 Å². The van der Waals surface area contributed by atoms with E-state index in [1.54, 1.807) is 0 Å². The lowest BCUT2D eigenvalue weighted by Crippen LogP contribution is -2.13. The zero-order chi connectivity index (χ0) is 33.3. The van der Waals surface area contributed by atoms with Crippen LogP contribution >= 0.6 is 0 Å². The molecule has 0 spiro atoms. The predicted molar refractivity (Wildman–Crippen MR) is 194 cm³/mol. The molecular weight excluding hydrogens is 596 g/mol. The topological polar surface area (TPSA) is 59.1 Å². The summed E-state index contributed by atoms with van der Waals surface area (Å²) in [6, 6.07) is 50.4. The lowest BCUT2D eigenvalue weighted by atomic mass is 10.0. The Morgan fingerprint density at radius 3 is 1.12 bits per heavy atom. The number of hydrogen-bond acceptors (Lipinski definition) is 6. The first-order chi connectivity index (χ1) is 23.6. The summed E-state index contributed by atoms with van der Waals surface area (Å²) < 4.78 is 9.67. The van der Waals surface area contributed by atoms with Gasteiger partial charge in [-0.05, 0) is 84.6 Å². The number of aryl methyl sites for hydroxylation is 2. The number of carbonyl (C=O) groups excluding carboxylic acids is 2. The van der Waals surface area contributed by atoms with Crippen molar-refractivity contribution in [1.29, 1.82) is 0 Å². The van der Waals surface area contributed by atoms with Crippen LogP contribution in [0.25, 0.3) is 10.8 Å². The Kier molecular flexibility index (Phi) is 10.1. The summed E-state index contributed by atoms with van der Waals surface area (Å²) in [4.78, 5) is 28.0. The zero-order valence-electron chi connectivity index (χ0n) is 27.2. The van der Waals surface area contributed by atoms with Gasteiger partial charge in [0.25, 0.3) is 0 Å². The summed E-state index contributed by atoms with van der Waals surface area (Å²) >= 11 is 0. The molecule has 6 aromatic rings. The molecule has 0 atom stereocenters. The van der Waals surface area contributed by atoms with Crippen molar-refractivity contribution in [3.05, 3.63) is 157 Å². The molecule has 0 radical (unpaired) electrons. The van der Waals surface area contributed by atoms with Crippen molar-refractivity contribution in [2.75, 3.05) is 24.0 Å². The highest BCUT2D eigenvalue weighted by Crippen LogP contribution is 2.45. The Morgan fingerprint density at radius 1 is 0.438 bits per heavy atom. The van der Waals surface area contributed by atoms with Gasteiger partial charge in [-0.25, -0.2) is 0 Å². The Labute approximate surface area is 281 Å². The number of carbonyl (C=O) groups is 2. The highest BCUT2D eigenvalue weighted by Gasteiger charge is 2.20. The number of anilines is 6. The van der Waals surface area contributed by atoms with Gasteiger partial charge in [-0.2, -0.15) is 0 Å². The second kappa shape index (κ2) is 15.1. The predicted octanol–water partition coefficient (Wildman–Crippen LogP) is 9.99. The van der Waals surface area contributed by atoms with E-state index in [1.807, 2.05) is 12.1 Å². The van der Waals surface area contributed by atoms with E-state index < -0.39 is 0 Å². The molecule has 0 aliphatic rings. The molecule has 6 nitrogen and oxygen atoms in total. The SMILES string of the molecule is COC(=O)CCc1ccc(N(c2ccccc2)c2ccc(N(c3ccccc3)c3ccc(CCC(=O)OC)cc3)c3ccccc23)cc1. The average Bonchev–Trinajstić information content (AvgIpc) is 3.15. The number of benzene rings is 6. The number of ether oxygens (including phenoxy) is 2. The molecule has 0 N–H and O–H groups in total. The number of rotatable bonds is 12. The van der Waals surface area contributed by atoms with Crippen molar-refractivity contribution < 1.29 is 19.1 Å². The van der Waals surface area contributed by atoms with Gasteiger partial charge in [0.15, 0.2) is 0 Å². The molecule has 6 heteroatoms. The molecule has 6 rings (SSSR count). The smallest absolute Gasteiger partial charge is 0.305 e. The molecule has 0 aliphatic carbocycles. The fraction of sp³-hybridized carbons (Fsp3) is 0.143. The molecule has 240 valence electrons. The normalized spacial score (nSPS) is 10.8. The number of nitrogens with zero attached hydrogens (tertiary/aromatic N) is 2. The summed E-state index contributed by atoms with van der Waals surface area (Å²) in [5, 5.41) is 2.20. The number of methoxy groups -OCH3 is 2. The Bertz CT molecular complexity index is 1830. The summed E-state index contributed by atoms with van der Waals surface area (Å²) in [5.41, 5.74) is 8.37. The highest BCUT2D eigenvalue weighted by atomic mass is 16.5. The Hall–Kier alpha value is -5.88. The van der Waals surface area contributed by atoms with E-state index in [9.17, 15) is 9.59 Å². The van der Waals surface area contributed by atoms with Crippen molar-refractivity contribution in [3.63, 3.8) is 0 Å². The van der Waals surface area contributed by atoms with Crippen LogP contribution in [0.5, 0.6) is 0 Å². The van der Waals surface area contributed by atoms with Crippen molar-refractivity contribution in [3.8, 4) is 0 Å². The van der Waals surface area contributed by atoms with Gasteiger partial charge >= 0.3 is 11.9 Å². The number of para-hydroxylation sites is 2. The third-order valence-corrected chi connectivity index (χ3v) is 8.47. The number of esters is 2. The Morgan fingerprint density at radius 2 is 0.771 bits per heavy atom. The third-order valence-electron chi connectivity index (χ3n) is 8.47. The quantitative estimate of drug-likeness (QED) is 0.125. The molecular formula is C42H38N2O4. The minimum absolute atomic E-state index is 0.212. The maximum absolute atomic E-state index is 11.7. The first-order valence-electron chi connectivity index (χ1n) is 16.1. The van der Waals surface area contributed by atoms with Gasteiger partial charge in [0.1, 0.15) is 0 Å². The molecule has 0 bridgehead atoms. The monoisotopic (exact) mass is 634 g/mol. The van der Waals surface area contributed by atoms with Gasteiger partial charge < -0.3 is 19.3 Å². The van der Waals surface area contributed by atoms with Crippen LogP contribution in [-0.2, 0) is 31.9 Å². The fourth-order valence-electron chi connectivity index (χ4n) is 5.99. The molecule has 0 saturated carbocycles. The van der Waals surface area contributed by atoms with E-state index in [0.29, 0.717) is 25.7 Å². The Balaban J connectivity index is 1.44. The highest BCUT2D eigenvalue weighted by molar-refractivity contribution is 6.07. The van der Waals surface area contributed by atoms with Crippen LogP contribution in [-0.4, -0.2) is 26.2 Å². The van der Waals surface area contributed by atoms with Crippen molar-refractivity contribution >= 4 is 56.8 Å². The van der Waals surface area contributed by atoms with E-state index in [0.717, 1.165) is 56.0 Å². The van der Waals surface area contributed by atoms with E-state index in [1.165, 1.54) is 14.2 Å². The average molecular weight is 635 g/mol. The first kappa shape index (κ1) is 32.1. The van der Waals surface area contributed by atoms with Crippen LogP contribution in [0.3, 0.4) is 0 Å². The third kappa shape index (κ3) is 7.24. The minimum atomic E-state index is -0.212. The van der Waals surface area contributed by atoms with Crippen molar-refractivity contribution in [2.24, 2.45) is 0 Å². The van der Waals surface area contributed by atoms with Gasteiger partial charge in [0.2, 0.25) is 0 Å². The molecule has 0 amide bonds. The molecule has 0 saturated heterocycles. The van der Waals surface area contributed by atoms with Crippen LogP contribution in [0, 0.1) is 0 Å². The second-order valence-electron chi connectivity index (χ2n) is 11.5. The fourth-order valence-corrected chi connectivity index (χ4v) is 5.99. The van der Waals surface area contributed by atoms with E-state index >= 15 is 0 Å². The number of hydrogen-bond donors (Lipinski definition) is 0. The molecule has 48 heavy (non-hydrogen) atoms. The molecule has 0 unspecified atom stereocenters. The van der Waals surface area contributed by atoms with E-state index in [-0.39, 0.29) is 11.9 Å². The van der Waals surface area contributed by atoms with Gasteiger partial charge in [-0.3, -0.25) is 9.59 Å². The maximum Gasteiger partial charge on any atom is 0.305 e. The lowest BCUT2D eigenvalue weighted by Gasteiger charge is -2.30. The molecule has 6 aromatic carbocycles. The van der Waals surface area contributed by atoms with Crippen LogP contribution < -0.4 is 9.80 Å². The van der Waals surface area contributed by atoms with Crippen LogP contribution in [0.1, 0.15) is 24.0 Å². The van der Waals surface area contributed by atoms with Gasteiger partial charge in [0, 0.05) is 46.4 Å². The van der Waals surface area contributed by atoms with E-state index in [4.69, 9.17) is 9.47 Å². The lowest BCUT2D eigenvalue weighted by molar-refractivity contribution is -0.141. The molecule has 0 aromatic heterocycles. The standard InChI is InChI=1S/C42H38N2O4/c1-47-41(45)29-21-31-17-23-35(24-18-31)43(33-11-5-3-6-12-33)39-27-28-40(38-16-10-9-15-37(38)39)44(34-13-7-4-8-14-34)36-25-19-32(20-26-36)22-30-42(46)48-2/h3-20,23-28H,21-22,29-30H2,1-2H3. The van der Waals surface area contributed by atoms with Crippen molar-refractivity contribution in [2.45, 2.75) is 25.7 Å². The van der Waals surface area contributed by atoms with E-state index in [2.05, 4.69) is 143 Å². The molecule has 0 heterocycles. The molecule has 0 aliphatic heterocycles. The minimum Gasteiger partial charge on any atom is -0.469 e. The van der Waals surface area contributed by atoms with Crippen molar-refractivity contribution in [1.82, 2.24) is 0 Å². The van der Waals surface area contributed by atoms with Gasteiger partial charge in [0.05, 0.1) is 25.6 Å². The van der Waals surface area contributed by atoms with Crippen LogP contribution in [0.4, 0.5) is 34.1 Å².